The van der Waals surface area contributed by atoms with Gasteiger partial charge in [0.2, 0.25) is 0 Å². The lowest BCUT2D eigenvalue weighted by molar-refractivity contribution is 0.0948. The van der Waals surface area contributed by atoms with Crippen LogP contribution in [-0.4, -0.2) is 47.5 Å². The van der Waals surface area contributed by atoms with Gasteiger partial charge in [-0.2, -0.15) is 0 Å². The molecule has 0 aromatic heterocycles. The maximum absolute atomic E-state index is 12.0. The molecule has 0 aliphatic heterocycles. The highest BCUT2D eigenvalue weighted by atomic mass is 16.4. The number of carbonyl (C=O) groups excluding carboxylic acids is 1. The van der Waals surface area contributed by atoms with Crippen molar-refractivity contribution < 1.29 is 10.0 Å². The second kappa shape index (κ2) is 7.08. The van der Waals surface area contributed by atoms with Crippen LogP contribution in [0, 0.1) is 0 Å². The number of nitrogens with two attached hydrogens (primary N) is 1. The van der Waals surface area contributed by atoms with Crippen LogP contribution in [0.4, 0.5) is 0 Å². The first-order chi connectivity index (χ1) is 10.2. The minimum Gasteiger partial charge on any atom is -0.409 e. The van der Waals surface area contributed by atoms with E-state index in [1.807, 2.05) is 0 Å². The number of rotatable bonds is 7. The van der Waals surface area contributed by atoms with Crippen molar-refractivity contribution in [2.75, 3.05) is 19.6 Å². The van der Waals surface area contributed by atoms with Gasteiger partial charge in [-0.1, -0.05) is 24.2 Å². The quantitative estimate of drug-likeness (QED) is 0.302. The van der Waals surface area contributed by atoms with E-state index in [0.29, 0.717) is 23.7 Å². The van der Waals surface area contributed by atoms with Crippen molar-refractivity contribution in [2.45, 2.75) is 25.8 Å². The average Bonchev–Trinajstić information content (AvgIpc) is 3.35. The van der Waals surface area contributed by atoms with E-state index in [1.165, 1.54) is 12.8 Å². The number of nitrogens with one attached hydrogen (secondary N) is 1. The molecule has 1 saturated carbocycles. The van der Waals surface area contributed by atoms with E-state index in [1.54, 1.807) is 24.3 Å². The molecule has 0 saturated heterocycles. The molecule has 4 N–H and O–H groups in total. The molecule has 0 unspecified atom stereocenters. The molecule has 21 heavy (non-hydrogen) atoms. The van der Waals surface area contributed by atoms with Crippen LogP contribution >= 0.6 is 0 Å². The van der Waals surface area contributed by atoms with Crippen LogP contribution in [0.1, 0.15) is 35.7 Å². The van der Waals surface area contributed by atoms with Crippen molar-refractivity contribution in [2.24, 2.45) is 10.9 Å². The SMILES string of the molecule is CCN(CCNC(=O)c1ccc(/C(N)=N/O)cc1)C1CC1. The van der Waals surface area contributed by atoms with Crippen molar-refractivity contribution in [3.63, 3.8) is 0 Å². The lowest BCUT2D eigenvalue weighted by Gasteiger charge is -2.19. The van der Waals surface area contributed by atoms with E-state index >= 15 is 0 Å². The van der Waals surface area contributed by atoms with Gasteiger partial charge in [0.1, 0.15) is 0 Å². The predicted octanol–water partition coefficient (Wildman–Crippen LogP) is 0.995. The first-order valence-electron chi connectivity index (χ1n) is 7.26. The van der Waals surface area contributed by atoms with Crippen LogP contribution in [0.5, 0.6) is 0 Å². The summed E-state index contributed by atoms with van der Waals surface area (Å²) in [5, 5.41) is 14.4. The fourth-order valence-electron chi connectivity index (χ4n) is 2.30. The largest absolute Gasteiger partial charge is 0.409 e. The highest BCUT2D eigenvalue weighted by molar-refractivity contribution is 5.99. The summed E-state index contributed by atoms with van der Waals surface area (Å²) in [5.74, 6) is -0.0714. The molecule has 0 bridgehead atoms. The molecular weight excluding hydrogens is 268 g/mol. The van der Waals surface area contributed by atoms with Gasteiger partial charge in [0, 0.05) is 30.3 Å². The number of hydrogen-bond acceptors (Lipinski definition) is 4. The Morgan fingerprint density at radius 1 is 1.38 bits per heavy atom. The van der Waals surface area contributed by atoms with E-state index in [2.05, 4.69) is 22.3 Å². The first-order valence-corrected chi connectivity index (χ1v) is 7.26. The molecule has 0 heterocycles. The van der Waals surface area contributed by atoms with Crippen molar-refractivity contribution in [3.8, 4) is 0 Å². The first kappa shape index (κ1) is 15.3. The highest BCUT2D eigenvalue weighted by Gasteiger charge is 2.27. The highest BCUT2D eigenvalue weighted by Crippen LogP contribution is 2.25. The minimum absolute atomic E-state index is 0.0324. The predicted molar refractivity (Wildman–Crippen MR) is 81.6 cm³/mol. The number of likely N-dealkylation sites (N-methyl/N-ethyl adjacent to an activating group) is 1. The normalized spacial score (nSPS) is 15.2. The van der Waals surface area contributed by atoms with Gasteiger partial charge in [0.05, 0.1) is 0 Å². The van der Waals surface area contributed by atoms with Crippen molar-refractivity contribution in [1.82, 2.24) is 10.2 Å². The van der Waals surface area contributed by atoms with Gasteiger partial charge in [-0.3, -0.25) is 9.69 Å². The van der Waals surface area contributed by atoms with Gasteiger partial charge < -0.3 is 16.3 Å². The summed E-state index contributed by atoms with van der Waals surface area (Å²) in [7, 11) is 0. The molecule has 114 valence electrons. The molecular formula is C15H22N4O2. The Kier molecular flexibility index (Phi) is 5.16. The van der Waals surface area contributed by atoms with Crippen LogP contribution in [0.15, 0.2) is 29.4 Å². The van der Waals surface area contributed by atoms with E-state index in [-0.39, 0.29) is 11.7 Å². The molecule has 0 spiro atoms. The number of oxime groups is 1. The van der Waals surface area contributed by atoms with E-state index in [0.717, 1.165) is 13.1 Å². The summed E-state index contributed by atoms with van der Waals surface area (Å²) in [6.07, 6.45) is 2.55. The summed E-state index contributed by atoms with van der Waals surface area (Å²) in [5.41, 5.74) is 6.63. The summed E-state index contributed by atoms with van der Waals surface area (Å²) in [6, 6.07) is 7.37. The molecule has 1 fully saturated rings. The lowest BCUT2D eigenvalue weighted by atomic mass is 10.1. The van der Waals surface area contributed by atoms with E-state index in [4.69, 9.17) is 10.9 Å². The maximum atomic E-state index is 12.0. The van der Waals surface area contributed by atoms with Crippen molar-refractivity contribution in [3.05, 3.63) is 35.4 Å². The van der Waals surface area contributed by atoms with Crippen LogP contribution in [0.25, 0.3) is 0 Å². The van der Waals surface area contributed by atoms with Gasteiger partial charge in [-0.25, -0.2) is 0 Å². The van der Waals surface area contributed by atoms with Crippen LogP contribution in [0.3, 0.4) is 0 Å². The lowest BCUT2D eigenvalue weighted by Crippen LogP contribution is -2.36. The summed E-state index contributed by atoms with van der Waals surface area (Å²) in [4.78, 5) is 14.4. The zero-order valence-electron chi connectivity index (χ0n) is 12.2. The van der Waals surface area contributed by atoms with Gasteiger partial charge >= 0.3 is 0 Å². The number of nitrogens with zero attached hydrogens (tertiary/aromatic N) is 2. The average molecular weight is 290 g/mol. The third-order valence-corrected chi connectivity index (χ3v) is 3.70. The maximum Gasteiger partial charge on any atom is 0.251 e. The molecule has 1 aromatic carbocycles. The van der Waals surface area contributed by atoms with Gasteiger partial charge in [-0.15, -0.1) is 0 Å². The van der Waals surface area contributed by atoms with Crippen LogP contribution in [-0.2, 0) is 0 Å². The number of carbonyl (C=O) groups is 1. The van der Waals surface area contributed by atoms with E-state index < -0.39 is 0 Å². The summed E-state index contributed by atoms with van der Waals surface area (Å²) in [6.45, 7) is 4.70. The molecule has 1 aromatic rings. The van der Waals surface area contributed by atoms with Crippen molar-refractivity contribution >= 4 is 11.7 Å². The summed E-state index contributed by atoms with van der Waals surface area (Å²) >= 11 is 0. The fraction of sp³-hybridized carbons (Fsp3) is 0.467. The molecule has 6 nitrogen and oxygen atoms in total. The smallest absolute Gasteiger partial charge is 0.251 e. The third-order valence-electron chi connectivity index (χ3n) is 3.70. The Labute approximate surface area is 124 Å². The Bertz CT molecular complexity index is 509. The summed E-state index contributed by atoms with van der Waals surface area (Å²) < 4.78 is 0. The second-order valence-electron chi connectivity index (χ2n) is 5.18. The molecule has 1 aliphatic carbocycles. The molecule has 0 atom stereocenters. The topological polar surface area (TPSA) is 91.0 Å². The van der Waals surface area contributed by atoms with Crippen LogP contribution in [0.2, 0.25) is 0 Å². The molecule has 1 aliphatic rings. The molecule has 1 amide bonds. The monoisotopic (exact) mass is 290 g/mol. The zero-order chi connectivity index (χ0) is 15.2. The molecule has 0 radical (unpaired) electrons. The Balaban J connectivity index is 1.82. The van der Waals surface area contributed by atoms with Gasteiger partial charge in [0.15, 0.2) is 5.84 Å². The zero-order valence-corrected chi connectivity index (χ0v) is 12.2. The Morgan fingerprint density at radius 3 is 2.52 bits per heavy atom. The third kappa shape index (κ3) is 4.19. The van der Waals surface area contributed by atoms with Gasteiger partial charge in [0.25, 0.3) is 5.91 Å². The van der Waals surface area contributed by atoms with Gasteiger partial charge in [-0.05, 0) is 31.5 Å². The number of amides is 1. The fourth-order valence-corrected chi connectivity index (χ4v) is 2.30. The Hall–Kier alpha value is -2.08. The molecule has 6 heteroatoms. The standard InChI is InChI=1S/C15H22N4O2/c1-2-19(13-7-8-13)10-9-17-15(20)12-5-3-11(4-6-12)14(16)18-21/h3-6,13,21H,2,7-10H2,1H3,(H2,16,18)(H,17,20). The van der Waals surface area contributed by atoms with Crippen LogP contribution < -0.4 is 11.1 Å². The number of amidine groups is 1. The van der Waals surface area contributed by atoms with Crippen molar-refractivity contribution in [1.29, 1.82) is 0 Å². The Morgan fingerprint density at radius 2 is 2.00 bits per heavy atom. The molecule has 2 rings (SSSR count). The number of benzene rings is 1. The van der Waals surface area contributed by atoms with E-state index in [9.17, 15) is 4.79 Å². The second-order valence-corrected chi connectivity index (χ2v) is 5.18. The number of hydrogen-bond donors (Lipinski definition) is 3. The minimum atomic E-state index is -0.104.